The molecule has 0 N–H and O–H groups in total. The van der Waals surface area contributed by atoms with Gasteiger partial charge in [-0.1, -0.05) is 5.16 Å². The summed E-state index contributed by atoms with van der Waals surface area (Å²) in [6.07, 6.45) is 5.59. The van der Waals surface area contributed by atoms with Gasteiger partial charge in [0.25, 0.3) is 5.91 Å². The first-order valence-corrected chi connectivity index (χ1v) is 7.07. The van der Waals surface area contributed by atoms with Crippen LogP contribution in [0.15, 0.2) is 5.16 Å². The van der Waals surface area contributed by atoms with Crippen molar-refractivity contribution < 1.29 is 9.63 Å². The fraction of sp³-hybridized carbons (Fsp3) is 0.846. The van der Waals surface area contributed by atoms with E-state index in [0.29, 0.717) is 12.1 Å². The number of carbonyl (C=O) groups is 1. The lowest BCUT2D eigenvalue weighted by atomic mass is 10.1. The maximum atomic E-state index is 12.1. The van der Waals surface area contributed by atoms with Crippen molar-refractivity contribution in [3.63, 3.8) is 0 Å². The quantitative estimate of drug-likeness (QED) is 0.747. The van der Waals surface area contributed by atoms with Crippen molar-refractivity contribution in [3.8, 4) is 0 Å². The van der Waals surface area contributed by atoms with E-state index in [2.05, 4.69) is 10.1 Å². The molecule has 0 aromatic carbocycles. The van der Waals surface area contributed by atoms with E-state index in [4.69, 9.17) is 4.84 Å². The van der Waals surface area contributed by atoms with Gasteiger partial charge in [-0.05, 0) is 38.8 Å². The van der Waals surface area contributed by atoms with Gasteiger partial charge < -0.3 is 9.74 Å². The maximum Gasteiger partial charge on any atom is 0.271 e. The predicted octanol–water partition coefficient (Wildman–Crippen LogP) is 0.849. The largest absolute Gasteiger partial charge is 0.390 e. The molecule has 0 saturated carbocycles. The lowest BCUT2D eigenvalue weighted by Crippen LogP contribution is -2.35. The van der Waals surface area contributed by atoms with E-state index in [1.54, 1.807) is 0 Å². The van der Waals surface area contributed by atoms with Crippen LogP contribution in [0.3, 0.4) is 0 Å². The Kier molecular flexibility index (Phi) is 3.50. The molecular weight excluding hydrogens is 230 g/mol. The normalized spacial score (nSPS) is 28.6. The van der Waals surface area contributed by atoms with Crippen LogP contribution >= 0.6 is 0 Å². The molecular formula is C13H21N3O2. The van der Waals surface area contributed by atoms with Gasteiger partial charge in [-0.15, -0.1) is 0 Å². The number of hydrogen-bond donors (Lipinski definition) is 0. The van der Waals surface area contributed by atoms with Gasteiger partial charge in [0.2, 0.25) is 0 Å². The predicted molar refractivity (Wildman–Crippen MR) is 68.4 cm³/mol. The molecule has 2 saturated heterocycles. The third kappa shape index (κ3) is 2.51. The van der Waals surface area contributed by atoms with E-state index >= 15 is 0 Å². The first-order valence-electron chi connectivity index (χ1n) is 7.07. The smallest absolute Gasteiger partial charge is 0.271 e. The zero-order chi connectivity index (χ0) is 12.4. The van der Waals surface area contributed by atoms with E-state index in [1.807, 2.05) is 4.90 Å². The molecule has 100 valence electrons. The van der Waals surface area contributed by atoms with Gasteiger partial charge in [0.15, 0.2) is 0 Å². The summed E-state index contributed by atoms with van der Waals surface area (Å²) in [6.45, 7) is 5.01. The number of amides is 1. The highest BCUT2D eigenvalue weighted by Gasteiger charge is 2.31. The second-order valence-electron chi connectivity index (χ2n) is 5.48. The number of rotatable bonds is 3. The van der Waals surface area contributed by atoms with Crippen LogP contribution in [0.2, 0.25) is 0 Å². The third-order valence-corrected chi connectivity index (χ3v) is 4.03. The fourth-order valence-electron chi connectivity index (χ4n) is 3.01. The van der Waals surface area contributed by atoms with Crippen molar-refractivity contribution in [2.75, 3.05) is 32.7 Å². The Balaban J connectivity index is 1.49. The van der Waals surface area contributed by atoms with Crippen LogP contribution in [0.1, 0.15) is 32.1 Å². The van der Waals surface area contributed by atoms with Crippen molar-refractivity contribution in [2.45, 2.75) is 38.2 Å². The van der Waals surface area contributed by atoms with Gasteiger partial charge in [-0.3, -0.25) is 9.69 Å². The van der Waals surface area contributed by atoms with Crippen LogP contribution < -0.4 is 0 Å². The Labute approximate surface area is 108 Å². The minimum atomic E-state index is 0.0876. The summed E-state index contributed by atoms with van der Waals surface area (Å²) in [5.41, 5.74) is 0.626. The van der Waals surface area contributed by atoms with Gasteiger partial charge in [-0.2, -0.15) is 0 Å². The highest BCUT2D eigenvalue weighted by molar-refractivity contribution is 6.39. The van der Waals surface area contributed by atoms with Crippen LogP contribution in [0.25, 0.3) is 0 Å². The summed E-state index contributed by atoms with van der Waals surface area (Å²) in [7, 11) is 0. The molecule has 3 rings (SSSR count). The molecule has 0 aliphatic carbocycles. The highest BCUT2D eigenvalue weighted by Crippen LogP contribution is 2.18. The summed E-state index contributed by atoms with van der Waals surface area (Å²) in [4.78, 5) is 21.8. The van der Waals surface area contributed by atoms with E-state index in [0.717, 1.165) is 45.6 Å². The molecule has 0 aromatic rings. The topological polar surface area (TPSA) is 45.1 Å². The van der Waals surface area contributed by atoms with Gasteiger partial charge >= 0.3 is 0 Å². The van der Waals surface area contributed by atoms with Gasteiger partial charge in [0.05, 0.1) is 0 Å². The number of carbonyl (C=O) groups excluding carboxylic acids is 1. The van der Waals surface area contributed by atoms with Crippen molar-refractivity contribution in [1.82, 2.24) is 9.80 Å². The molecule has 2 fully saturated rings. The summed E-state index contributed by atoms with van der Waals surface area (Å²) in [6, 6.07) is 0. The standard InChI is InChI=1S/C13H21N3O2/c17-13(16-7-3-4-8-16)12-9-11(18-14-12)10-15-5-1-2-6-15/h11H,1-10H2. The van der Waals surface area contributed by atoms with Crippen LogP contribution in [0.4, 0.5) is 0 Å². The molecule has 3 aliphatic rings. The highest BCUT2D eigenvalue weighted by atomic mass is 16.6. The summed E-state index contributed by atoms with van der Waals surface area (Å²) in [5.74, 6) is 0.0939. The molecule has 18 heavy (non-hydrogen) atoms. The maximum absolute atomic E-state index is 12.1. The summed E-state index contributed by atoms with van der Waals surface area (Å²) in [5, 5.41) is 4.00. The Morgan fingerprint density at radius 3 is 2.56 bits per heavy atom. The molecule has 5 heteroatoms. The van der Waals surface area contributed by atoms with E-state index < -0.39 is 0 Å². The Hall–Kier alpha value is -1.10. The van der Waals surface area contributed by atoms with Crippen LogP contribution in [0, 0.1) is 0 Å². The van der Waals surface area contributed by atoms with Crippen molar-refractivity contribution in [2.24, 2.45) is 5.16 Å². The van der Waals surface area contributed by atoms with Gasteiger partial charge in [0, 0.05) is 26.1 Å². The molecule has 0 bridgehead atoms. The number of likely N-dealkylation sites (tertiary alicyclic amines) is 2. The summed E-state index contributed by atoms with van der Waals surface area (Å²) >= 11 is 0. The monoisotopic (exact) mass is 251 g/mol. The van der Waals surface area contributed by atoms with E-state index in [9.17, 15) is 4.79 Å². The second-order valence-corrected chi connectivity index (χ2v) is 5.48. The number of hydrogen-bond acceptors (Lipinski definition) is 4. The lowest BCUT2D eigenvalue weighted by Gasteiger charge is -2.18. The Morgan fingerprint density at radius 1 is 1.17 bits per heavy atom. The molecule has 0 radical (unpaired) electrons. The second kappa shape index (κ2) is 5.26. The first kappa shape index (κ1) is 12.0. The lowest BCUT2D eigenvalue weighted by molar-refractivity contribution is -0.123. The first-order chi connectivity index (χ1) is 8.83. The Morgan fingerprint density at radius 2 is 1.83 bits per heavy atom. The SMILES string of the molecule is O=C(C1=NOC(CN2CCCC2)C1)N1CCCC1. The van der Waals surface area contributed by atoms with Gasteiger partial charge in [-0.25, -0.2) is 0 Å². The van der Waals surface area contributed by atoms with Crippen molar-refractivity contribution in [3.05, 3.63) is 0 Å². The molecule has 1 unspecified atom stereocenters. The molecule has 1 amide bonds. The van der Waals surface area contributed by atoms with Crippen molar-refractivity contribution >= 4 is 11.6 Å². The molecule has 0 spiro atoms. The molecule has 3 heterocycles. The number of nitrogens with zero attached hydrogens (tertiary/aromatic N) is 3. The molecule has 5 nitrogen and oxygen atoms in total. The van der Waals surface area contributed by atoms with Gasteiger partial charge in [0.1, 0.15) is 11.8 Å². The van der Waals surface area contributed by atoms with Crippen LogP contribution in [-0.2, 0) is 9.63 Å². The fourth-order valence-corrected chi connectivity index (χ4v) is 3.01. The number of oxime groups is 1. The minimum Gasteiger partial charge on any atom is -0.390 e. The van der Waals surface area contributed by atoms with E-state index in [1.165, 1.54) is 12.8 Å². The minimum absolute atomic E-state index is 0.0876. The molecule has 1 atom stereocenters. The third-order valence-electron chi connectivity index (χ3n) is 4.03. The summed E-state index contributed by atoms with van der Waals surface area (Å²) < 4.78 is 0. The van der Waals surface area contributed by atoms with E-state index in [-0.39, 0.29) is 12.0 Å². The average molecular weight is 251 g/mol. The van der Waals surface area contributed by atoms with Crippen LogP contribution in [0.5, 0.6) is 0 Å². The zero-order valence-electron chi connectivity index (χ0n) is 10.8. The molecule has 3 aliphatic heterocycles. The zero-order valence-corrected chi connectivity index (χ0v) is 10.8. The average Bonchev–Trinajstić information content (AvgIpc) is 3.11. The molecule has 0 aromatic heterocycles. The van der Waals surface area contributed by atoms with Crippen LogP contribution in [-0.4, -0.2) is 60.2 Å². The van der Waals surface area contributed by atoms with Crippen molar-refractivity contribution in [1.29, 1.82) is 0 Å². The Bertz CT molecular complexity index is 344.